The molecule has 0 unspecified atom stereocenters. The molecule has 3 heterocycles. The molecule has 6 aromatic rings. The third-order valence-electron chi connectivity index (χ3n) is 11.0. The highest BCUT2D eigenvalue weighted by Crippen LogP contribution is 2.27. The van der Waals surface area contributed by atoms with E-state index < -0.39 is 0 Å². The summed E-state index contributed by atoms with van der Waals surface area (Å²) in [6.45, 7) is 29.2. The molecule has 0 saturated carbocycles. The molecule has 0 aliphatic heterocycles. The van der Waals surface area contributed by atoms with E-state index in [1.807, 2.05) is 0 Å². The maximum absolute atomic E-state index is 2.36. The van der Waals surface area contributed by atoms with Crippen molar-refractivity contribution >= 4 is 0 Å². The Hall–Kier alpha value is -4.89. The predicted molar refractivity (Wildman–Crippen MR) is 248 cm³/mol. The van der Waals surface area contributed by atoms with Crippen LogP contribution in [0.2, 0.25) is 0 Å². The molecule has 0 aliphatic rings. The van der Waals surface area contributed by atoms with E-state index in [4.69, 9.17) is 0 Å². The number of aryl methyl sites for hydroxylation is 9. The topological polar surface area (TPSA) is 11.6 Å². The summed E-state index contributed by atoms with van der Waals surface area (Å²) < 4.78 is 6.75. The lowest BCUT2D eigenvalue weighted by Gasteiger charge is -2.19. The summed E-state index contributed by atoms with van der Waals surface area (Å²) in [5, 5.41) is 0. The van der Waals surface area contributed by atoms with Crippen molar-refractivity contribution in [1.82, 2.24) is 0 Å². The summed E-state index contributed by atoms with van der Waals surface area (Å²) in [7, 11) is 6.42. The summed E-state index contributed by atoms with van der Waals surface area (Å²) in [6.07, 6.45) is 10.2. The van der Waals surface area contributed by atoms with E-state index in [1.54, 1.807) is 0 Å². The van der Waals surface area contributed by atoms with Crippen molar-refractivity contribution in [2.75, 3.05) is 0 Å². The van der Waals surface area contributed by atoms with Crippen molar-refractivity contribution in [3.8, 4) is 33.8 Å². The first-order valence-electron chi connectivity index (χ1n) is 21.4. The lowest BCUT2D eigenvalue weighted by Crippen LogP contribution is -2.32. The molecule has 0 fully saturated rings. The van der Waals surface area contributed by atoms with E-state index in [2.05, 4.69) is 234 Å². The van der Waals surface area contributed by atoms with Gasteiger partial charge in [0.2, 0.25) is 17.1 Å². The first-order chi connectivity index (χ1) is 27.2. The smallest absolute Gasteiger partial charge is 0.201 e. The van der Waals surface area contributed by atoms with E-state index in [9.17, 15) is 0 Å². The van der Waals surface area contributed by atoms with Gasteiger partial charge in [-0.3, -0.25) is 0 Å². The zero-order chi connectivity index (χ0) is 42.9. The molecule has 306 valence electrons. The van der Waals surface area contributed by atoms with Crippen LogP contribution < -0.4 is 13.7 Å². The van der Waals surface area contributed by atoms with E-state index in [0.717, 1.165) is 19.3 Å². The van der Waals surface area contributed by atoms with Crippen molar-refractivity contribution in [3.63, 3.8) is 0 Å². The van der Waals surface area contributed by atoms with Gasteiger partial charge in [0.05, 0.1) is 0 Å². The van der Waals surface area contributed by atoms with Crippen molar-refractivity contribution in [3.05, 3.63) is 160 Å². The van der Waals surface area contributed by atoms with E-state index >= 15 is 0 Å². The summed E-state index contributed by atoms with van der Waals surface area (Å²) in [6, 6.07) is 32.8. The number of pyridine rings is 3. The summed E-state index contributed by atoms with van der Waals surface area (Å²) in [5.74, 6) is 1.39. The van der Waals surface area contributed by atoms with Gasteiger partial charge in [-0.15, -0.1) is 0 Å². The molecule has 0 aliphatic carbocycles. The Bertz CT molecular complexity index is 2300. The van der Waals surface area contributed by atoms with Crippen LogP contribution in [0.5, 0.6) is 0 Å². The number of nitrogens with zero attached hydrogens (tertiary/aromatic N) is 3. The fourth-order valence-corrected chi connectivity index (χ4v) is 7.89. The average Bonchev–Trinajstić information content (AvgIpc) is 3.13. The number of rotatable bonds is 8. The number of benzene rings is 3. The van der Waals surface area contributed by atoms with Crippen LogP contribution in [-0.2, 0) is 40.4 Å². The van der Waals surface area contributed by atoms with Gasteiger partial charge in [0.15, 0.2) is 18.6 Å². The Morgan fingerprint density at radius 1 is 0.414 bits per heavy atom. The Balaban J connectivity index is 0.000000193. The van der Waals surface area contributed by atoms with Crippen molar-refractivity contribution < 1.29 is 13.7 Å². The van der Waals surface area contributed by atoms with Crippen LogP contribution >= 0.6 is 0 Å². The molecule has 0 radical (unpaired) electrons. The quantitative estimate of drug-likeness (QED) is 0.136. The Morgan fingerprint density at radius 3 is 1.16 bits per heavy atom. The Labute approximate surface area is 353 Å². The zero-order valence-electron chi connectivity index (χ0n) is 39.0. The van der Waals surface area contributed by atoms with Gasteiger partial charge >= 0.3 is 0 Å². The summed E-state index contributed by atoms with van der Waals surface area (Å²) >= 11 is 0. The molecule has 0 amide bonds. The first kappa shape index (κ1) is 45.8. The average molecular weight is 777 g/mol. The SMILES string of the molecule is Cc1c[n+](C)c(-c2ccccc2C)cc1CC(C)C.Cc1cc(-c2ccccc2C)[n+](C)cc1CC(C)(C)C.Cc1cc(-c2ccccc2C)[n+](C)cc1CC(C)C. The van der Waals surface area contributed by atoms with Crippen LogP contribution in [0, 0.1) is 58.8 Å². The minimum Gasteiger partial charge on any atom is -0.201 e. The van der Waals surface area contributed by atoms with E-state index in [0.29, 0.717) is 17.3 Å². The van der Waals surface area contributed by atoms with E-state index in [1.165, 1.54) is 83.8 Å². The second-order valence-corrected chi connectivity index (χ2v) is 18.8. The van der Waals surface area contributed by atoms with Crippen molar-refractivity contribution in [2.45, 2.75) is 109 Å². The number of hydrogen-bond donors (Lipinski definition) is 0. The molecule has 58 heavy (non-hydrogen) atoms. The second kappa shape index (κ2) is 20.2. The van der Waals surface area contributed by atoms with Gasteiger partial charge in [-0.05, 0) is 130 Å². The molecule has 0 bridgehead atoms. The molecule has 3 nitrogen and oxygen atoms in total. The third kappa shape index (κ3) is 12.6. The van der Waals surface area contributed by atoms with Crippen LogP contribution in [0.1, 0.15) is 98.5 Å². The molecule has 0 saturated heterocycles. The highest BCUT2D eigenvalue weighted by atomic mass is 14.9. The highest BCUT2D eigenvalue weighted by molar-refractivity contribution is 5.63. The zero-order valence-corrected chi connectivity index (χ0v) is 39.0. The summed E-state index contributed by atoms with van der Waals surface area (Å²) in [5.41, 5.74) is 20.7. The second-order valence-electron chi connectivity index (χ2n) is 18.8. The third-order valence-corrected chi connectivity index (χ3v) is 11.0. The maximum Gasteiger partial charge on any atom is 0.212 e. The molecule has 3 aromatic carbocycles. The van der Waals surface area contributed by atoms with Gasteiger partial charge in [0.25, 0.3) is 0 Å². The molecule has 3 aromatic heterocycles. The Kier molecular flexibility index (Phi) is 15.9. The molecule has 6 rings (SSSR count). The minimum atomic E-state index is 0.321. The van der Waals surface area contributed by atoms with Crippen molar-refractivity contribution in [2.24, 2.45) is 38.4 Å². The molecule has 0 atom stereocenters. The standard InChI is InChI=1S/C19H26N.2C18H24N/c1-14-9-7-8-10-17(14)18-11-15(2)16(13-20(18)6)12-19(3,4)5;1-13(2)10-16-11-18(19(5)12-15(16)4)17-9-7-6-8-14(17)3;1-13(2)10-16-12-19(5)18(11-15(16)4)17-9-7-6-8-14(17)3/h7-11,13H,12H2,1-6H3;2*6-9,11-13H,10H2,1-5H3/q3*+1. The van der Waals surface area contributed by atoms with Gasteiger partial charge < -0.3 is 0 Å². The van der Waals surface area contributed by atoms with Gasteiger partial charge in [0, 0.05) is 51.6 Å². The van der Waals surface area contributed by atoms with Gasteiger partial charge in [-0.25, -0.2) is 13.7 Å². The highest BCUT2D eigenvalue weighted by Gasteiger charge is 2.20. The predicted octanol–water partition coefficient (Wildman–Crippen LogP) is 12.4. The van der Waals surface area contributed by atoms with Crippen LogP contribution in [0.15, 0.2) is 110 Å². The molecule has 0 N–H and O–H groups in total. The fraction of sp³-hybridized carbons (Fsp3) is 0.400. The molecular formula is C55H74N3+3. The van der Waals surface area contributed by atoms with Gasteiger partial charge in [-0.1, -0.05) is 103 Å². The largest absolute Gasteiger partial charge is 0.212 e. The minimum absolute atomic E-state index is 0.321. The van der Waals surface area contributed by atoms with Crippen molar-refractivity contribution in [1.29, 1.82) is 0 Å². The normalized spacial score (nSPS) is 11.3. The molecule has 0 spiro atoms. The molecule has 3 heteroatoms. The van der Waals surface area contributed by atoms with Gasteiger partial charge in [0.1, 0.15) is 21.1 Å². The first-order valence-corrected chi connectivity index (χ1v) is 21.4. The van der Waals surface area contributed by atoms with Crippen LogP contribution in [0.4, 0.5) is 0 Å². The Morgan fingerprint density at radius 2 is 0.759 bits per heavy atom. The summed E-state index contributed by atoms with van der Waals surface area (Å²) in [4.78, 5) is 0. The lowest BCUT2D eigenvalue weighted by molar-refractivity contribution is -0.661. The number of hydrogen-bond acceptors (Lipinski definition) is 0. The number of aromatic nitrogens is 3. The van der Waals surface area contributed by atoms with Crippen LogP contribution in [0.3, 0.4) is 0 Å². The van der Waals surface area contributed by atoms with Crippen LogP contribution in [-0.4, -0.2) is 0 Å². The van der Waals surface area contributed by atoms with Gasteiger partial charge in [-0.2, -0.15) is 0 Å². The fourth-order valence-electron chi connectivity index (χ4n) is 7.89. The monoisotopic (exact) mass is 777 g/mol. The van der Waals surface area contributed by atoms with E-state index in [-0.39, 0.29) is 0 Å². The molecular weight excluding hydrogens is 703 g/mol. The lowest BCUT2D eigenvalue weighted by atomic mass is 9.87. The van der Waals surface area contributed by atoms with Crippen LogP contribution in [0.25, 0.3) is 33.8 Å². The maximum atomic E-state index is 2.36.